The topological polar surface area (TPSA) is 83.8 Å². The van der Waals surface area contributed by atoms with E-state index in [0.717, 1.165) is 0 Å². The number of nitrogens with zero attached hydrogens (tertiary/aromatic N) is 1. The van der Waals surface area contributed by atoms with Gasteiger partial charge in [0.2, 0.25) is 5.95 Å². The predicted molar refractivity (Wildman–Crippen MR) is 47.1 cm³/mol. The monoisotopic (exact) mass is 168 g/mol. The number of aryl methyl sites for hydroxylation is 1. The molecule has 1 aromatic heterocycles. The molecule has 4 N–H and O–H groups in total. The standard InChI is InChI=1S/C7H12N4O/c1-5-4-10-7(9-3-2-8)11-6(5)12/h4H,2-3,8H2,1H3,(H2,9,10,11,12). The van der Waals surface area contributed by atoms with E-state index in [1.54, 1.807) is 6.92 Å². The average Bonchev–Trinajstić information content (AvgIpc) is 2.07. The summed E-state index contributed by atoms with van der Waals surface area (Å²) < 4.78 is 0. The van der Waals surface area contributed by atoms with E-state index in [9.17, 15) is 4.79 Å². The molecule has 0 amide bonds. The largest absolute Gasteiger partial charge is 0.354 e. The molecule has 1 rings (SSSR count). The van der Waals surface area contributed by atoms with Gasteiger partial charge in [-0.15, -0.1) is 0 Å². The second kappa shape index (κ2) is 3.87. The van der Waals surface area contributed by atoms with Crippen molar-refractivity contribution in [3.8, 4) is 0 Å². The first-order valence-corrected chi connectivity index (χ1v) is 3.74. The summed E-state index contributed by atoms with van der Waals surface area (Å²) in [6.45, 7) is 2.82. The SMILES string of the molecule is Cc1cnc(NCCN)[nH]c1=O. The van der Waals surface area contributed by atoms with Crippen molar-refractivity contribution in [1.29, 1.82) is 0 Å². The van der Waals surface area contributed by atoms with Gasteiger partial charge in [0.05, 0.1) is 0 Å². The molecule has 0 fully saturated rings. The fourth-order valence-corrected chi connectivity index (χ4v) is 0.739. The quantitative estimate of drug-likeness (QED) is 0.565. The smallest absolute Gasteiger partial charge is 0.255 e. The molecule has 1 heterocycles. The summed E-state index contributed by atoms with van der Waals surface area (Å²) in [4.78, 5) is 17.6. The molecule has 0 aliphatic rings. The van der Waals surface area contributed by atoms with Crippen LogP contribution in [0, 0.1) is 6.92 Å². The van der Waals surface area contributed by atoms with Gasteiger partial charge in [-0.2, -0.15) is 0 Å². The molecule has 0 aliphatic heterocycles. The fourth-order valence-electron chi connectivity index (χ4n) is 0.739. The second-order valence-corrected chi connectivity index (χ2v) is 2.46. The maximum absolute atomic E-state index is 11.0. The van der Waals surface area contributed by atoms with Crippen LogP contribution in [0.25, 0.3) is 0 Å². The van der Waals surface area contributed by atoms with E-state index < -0.39 is 0 Å². The van der Waals surface area contributed by atoms with E-state index in [-0.39, 0.29) is 5.56 Å². The summed E-state index contributed by atoms with van der Waals surface area (Å²) in [6, 6.07) is 0. The number of hydrogen-bond acceptors (Lipinski definition) is 4. The molecule has 0 spiro atoms. The summed E-state index contributed by atoms with van der Waals surface area (Å²) in [5.74, 6) is 0.469. The lowest BCUT2D eigenvalue weighted by Crippen LogP contribution is -2.18. The zero-order chi connectivity index (χ0) is 8.97. The molecule has 12 heavy (non-hydrogen) atoms. The number of nitrogens with two attached hydrogens (primary N) is 1. The van der Waals surface area contributed by atoms with Gasteiger partial charge in [-0.25, -0.2) is 4.98 Å². The molecule has 5 nitrogen and oxygen atoms in total. The summed E-state index contributed by atoms with van der Waals surface area (Å²) in [5, 5.41) is 2.87. The maximum atomic E-state index is 11.0. The van der Waals surface area contributed by atoms with Crippen molar-refractivity contribution >= 4 is 5.95 Å². The van der Waals surface area contributed by atoms with Crippen molar-refractivity contribution in [3.63, 3.8) is 0 Å². The minimum absolute atomic E-state index is 0.121. The van der Waals surface area contributed by atoms with E-state index in [1.807, 2.05) is 0 Å². The number of nitrogens with one attached hydrogen (secondary N) is 2. The number of anilines is 1. The van der Waals surface area contributed by atoms with Crippen LogP contribution in [0.5, 0.6) is 0 Å². The van der Waals surface area contributed by atoms with Crippen LogP contribution in [0.15, 0.2) is 11.0 Å². The third-order valence-electron chi connectivity index (χ3n) is 1.41. The summed E-state index contributed by atoms with van der Waals surface area (Å²) in [6.07, 6.45) is 1.53. The second-order valence-electron chi connectivity index (χ2n) is 2.46. The highest BCUT2D eigenvalue weighted by Gasteiger charge is 1.95. The summed E-state index contributed by atoms with van der Waals surface area (Å²) >= 11 is 0. The Kier molecular flexibility index (Phi) is 2.82. The van der Waals surface area contributed by atoms with Gasteiger partial charge in [0, 0.05) is 24.8 Å². The van der Waals surface area contributed by atoms with Crippen molar-refractivity contribution < 1.29 is 0 Å². The molecular formula is C7H12N4O. The minimum atomic E-state index is -0.121. The lowest BCUT2D eigenvalue weighted by atomic mass is 10.4. The van der Waals surface area contributed by atoms with E-state index in [1.165, 1.54) is 6.20 Å². The molecule has 0 aliphatic carbocycles. The number of aromatic amines is 1. The number of hydrogen-bond donors (Lipinski definition) is 3. The molecule has 0 radical (unpaired) electrons. The van der Waals surface area contributed by atoms with Crippen LogP contribution in [0.3, 0.4) is 0 Å². The Balaban J connectivity index is 2.76. The van der Waals surface area contributed by atoms with E-state index in [0.29, 0.717) is 24.6 Å². The Bertz CT molecular complexity index is 307. The summed E-state index contributed by atoms with van der Waals surface area (Å²) in [5.41, 5.74) is 5.75. The van der Waals surface area contributed by atoms with Gasteiger partial charge in [-0.1, -0.05) is 0 Å². The van der Waals surface area contributed by atoms with Crippen LogP contribution in [-0.2, 0) is 0 Å². The lowest BCUT2D eigenvalue weighted by molar-refractivity contribution is 0.974. The van der Waals surface area contributed by atoms with Crippen molar-refractivity contribution in [2.24, 2.45) is 5.73 Å². The lowest BCUT2D eigenvalue weighted by Gasteiger charge is -2.01. The molecule has 0 atom stereocenters. The average molecular weight is 168 g/mol. The fraction of sp³-hybridized carbons (Fsp3) is 0.429. The van der Waals surface area contributed by atoms with Crippen LogP contribution in [0.1, 0.15) is 5.56 Å². The van der Waals surface area contributed by atoms with Crippen LogP contribution in [-0.4, -0.2) is 23.1 Å². The Morgan fingerprint density at radius 3 is 3.08 bits per heavy atom. The van der Waals surface area contributed by atoms with Gasteiger partial charge in [0.1, 0.15) is 0 Å². The van der Waals surface area contributed by atoms with Crippen molar-refractivity contribution in [1.82, 2.24) is 9.97 Å². The molecule has 0 aromatic carbocycles. The maximum Gasteiger partial charge on any atom is 0.255 e. The Morgan fingerprint density at radius 2 is 2.50 bits per heavy atom. The number of rotatable bonds is 3. The predicted octanol–water partition coefficient (Wildman–Crippen LogP) is -0.551. The zero-order valence-corrected chi connectivity index (χ0v) is 6.92. The van der Waals surface area contributed by atoms with Gasteiger partial charge in [0.15, 0.2) is 0 Å². The van der Waals surface area contributed by atoms with Crippen LogP contribution in [0.4, 0.5) is 5.95 Å². The van der Waals surface area contributed by atoms with Crippen LogP contribution >= 0.6 is 0 Å². The Hall–Kier alpha value is -1.36. The van der Waals surface area contributed by atoms with Gasteiger partial charge in [-0.3, -0.25) is 9.78 Å². The molecule has 5 heteroatoms. The van der Waals surface area contributed by atoms with Gasteiger partial charge >= 0.3 is 0 Å². The highest BCUT2D eigenvalue weighted by Crippen LogP contribution is 1.91. The number of aromatic nitrogens is 2. The zero-order valence-electron chi connectivity index (χ0n) is 6.92. The molecule has 1 aromatic rings. The first-order valence-electron chi connectivity index (χ1n) is 3.74. The molecule has 0 saturated heterocycles. The summed E-state index contributed by atoms with van der Waals surface area (Å²) in [7, 11) is 0. The van der Waals surface area contributed by atoms with Gasteiger partial charge < -0.3 is 11.1 Å². The highest BCUT2D eigenvalue weighted by atomic mass is 16.1. The van der Waals surface area contributed by atoms with Gasteiger partial charge in [-0.05, 0) is 6.92 Å². The molecule has 0 unspecified atom stereocenters. The van der Waals surface area contributed by atoms with Crippen LogP contribution < -0.4 is 16.6 Å². The molecular weight excluding hydrogens is 156 g/mol. The van der Waals surface area contributed by atoms with Crippen molar-refractivity contribution in [3.05, 3.63) is 22.1 Å². The number of H-pyrrole nitrogens is 1. The molecule has 66 valence electrons. The van der Waals surface area contributed by atoms with Gasteiger partial charge in [0.25, 0.3) is 5.56 Å². The van der Waals surface area contributed by atoms with E-state index >= 15 is 0 Å². The Labute approximate surface area is 70.0 Å². The van der Waals surface area contributed by atoms with Crippen molar-refractivity contribution in [2.45, 2.75) is 6.92 Å². The van der Waals surface area contributed by atoms with E-state index in [4.69, 9.17) is 5.73 Å². The first kappa shape index (κ1) is 8.73. The third-order valence-corrected chi connectivity index (χ3v) is 1.41. The van der Waals surface area contributed by atoms with E-state index in [2.05, 4.69) is 15.3 Å². The molecule has 0 saturated carbocycles. The first-order chi connectivity index (χ1) is 5.74. The van der Waals surface area contributed by atoms with Crippen LogP contribution in [0.2, 0.25) is 0 Å². The van der Waals surface area contributed by atoms with Crippen molar-refractivity contribution in [2.75, 3.05) is 18.4 Å². The highest BCUT2D eigenvalue weighted by molar-refractivity contribution is 5.23. The molecule has 0 bridgehead atoms. The third kappa shape index (κ3) is 2.06. The normalized spacial score (nSPS) is 9.83. The minimum Gasteiger partial charge on any atom is -0.354 e. The Morgan fingerprint density at radius 1 is 1.75 bits per heavy atom.